The molecule has 15 heavy (non-hydrogen) atoms. The fraction of sp³-hybridized carbons (Fsp3) is 0.538. The summed E-state index contributed by atoms with van der Waals surface area (Å²) in [5.74, 6) is 0. The Balaban J connectivity index is 2.07. The summed E-state index contributed by atoms with van der Waals surface area (Å²) >= 11 is 6.91. The number of alkyl halides is 1. The zero-order chi connectivity index (χ0) is 10.9. The summed E-state index contributed by atoms with van der Waals surface area (Å²) in [6, 6.07) is 8.67. The van der Waals surface area contributed by atoms with Gasteiger partial charge in [0.1, 0.15) is 0 Å². The molecule has 0 aliphatic heterocycles. The summed E-state index contributed by atoms with van der Waals surface area (Å²) in [7, 11) is 0. The largest absolute Gasteiger partial charge is 0.0928 e. The van der Waals surface area contributed by atoms with Gasteiger partial charge in [-0.2, -0.15) is 0 Å². The fourth-order valence-corrected chi connectivity index (χ4v) is 2.27. The van der Waals surface area contributed by atoms with E-state index in [9.17, 15) is 0 Å². The quantitative estimate of drug-likeness (QED) is 0.467. The van der Waals surface area contributed by atoms with E-state index in [1.807, 2.05) is 0 Å². The molecule has 1 aromatic rings. The van der Waals surface area contributed by atoms with Gasteiger partial charge in [-0.1, -0.05) is 63.3 Å². The van der Waals surface area contributed by atoms with E-state index in [1.165, 1.54) is 48.6 Å². The molecule has 0 fully saturated rings. The summed E-state index contributed by atoms with van der Waals surface area (Å²) in [5.41, 5.74) is 1.46. The van der Waals surface area contributed by atoms with E-state index in [0.717, 1.165) is 5.33 Å². The molecule has 0 bridgehead atoms. The Bertz CT molecular complexity index is 254. The molecule has 0 radical (unpaired) electrons. The molecule has 1 rings (SSSR count). The lowest BCUT2D eigenvalue weighted by atomic mass is 10.1. The van der Waals surface area contributed by atoms with Crippen LogP contribution in [0.25, 0.3) is 0 Å². The van der Waals surface area contributed by atoms with Crippen LogP contribution in [-0.4, -0.2) is 5.33 Å². The fourth-order valence-electron chi connectivity index (χ4n) is 1.61. The Kier molecular flexibility index (Phi) is 7.37. The Morgan fingerprint density at radius 1 is 0.800 bits per heavy atom. The molecule has 0 unspecified atom stereocenters. The second kappa shape index (κ2) is 8.35. The van der Waals surface area contributed by atoms with Crippen LogP contribution in [0.1, 0.15) is 37.7 Å². The molecule has 0 amide bonds. The Morgan fingerprint density at radius 2 is 1.40 bits per heavy atom. The first kappa shape index (κ1) is 13.2. The third kappa shape index (κ3) is 6.36. The lowest BCUT2D eigenvalue weighted by molar-refractivity contribution is 0.635. The molecule has 0 nitrogen and oxygen atoms in total. The molecule has 0 saturated carbocycles. The van der Waals surface area contributed by atoms with Crippen molar-refractivity contribution in [3.05, 3.63) is 34.3 Å². The van der Waals surface area contributed by atoms with Gasteiger partial charge in [0.15, 0.2) is 0 Å². The first-order valence-corrected chi connectivity index (χ1v) is 7.55. The monoisotopic (exact) mass is 332 g/mol. The first-order chi connectivity index (χ1) is 7.33. The topological polar surface area (TPSA) is 0 Å². The third-order valence-corrected chi connectivity index (χ3v) is 3.60. The second-order valence-electron chi connectivity index (χ2n) is 3.83. The van der Waals surface area contributed by atoms with Gasteiger partial charge in [0.2, 0.25) is 0 Å². The SMILES string of the molecule is BrCCCCCCCc1ccc(Br)cc1. The van der Waals surface area contributed by atoms with Crippen molar-refractivity contribution in [1.29, 1.82) is 0 Å². The molecule has 0 atom stereocenters. The minimum absolute atomic E-state index is 1.15. The normalized spacial score (nSPS) is 10.5. The maximum absolute atomic E-state index is 3.46. The summed E-state index contributed by atoms with van der Waals surface area (Å²) in [6.45, 7) is 0. The number of unbranched alkanes of at least 4 members (excludes halogenated alkanes) is 4. The molecule has 1 aromatic carbocycles. The minimum atomic E-state index is 1.15. The van der Waals surface area contributed by atoms with E-state index in [4.69, 9.17) is 0 Å². The van der Waals surface area contributed by atoms with Crippen molar-refractivity contribution in [1.82, 2.24) is 0 Å². The van der Waals surface area contributed by atoms with Gasteiger partial charge in [0, 0.05) is 9.80 Å². The van der Waals surface area contributed by atoms with Gasteiger partial charge in [0.05, 0.1) is 0 Å². The van der Waals surface area contributed by atoms with Gasteiger partial charge in [-0.3, -0.25) is 0 Å². The van der Waals surface area contributed by atoms with Crippen molar-refractivity contribution < 1.29 is 0 Å². The van der Waals surface area contributed by atoms with Gasteiger partial charge in [-0.05, 0) is 37.0 Å². The molecule has 0 saturated heterocycles. The van der Waals surface area contributed by atoms with Crippen molar-refractivity contribution in [2.24, 2.45) is 0 Å². The molecule has 0 aliphatic carbocycles. The summed E-state index contributed by atoms with van der Waals surface area (Å²) < 4.78 is 1.17. The van der Waals surface area contributed by atoms with Crippen molar-refractivity contribution in [3.63, 3.8) is 0 Å². The maximum atomic E-state index is 3.46. The summed E-state index contributed by atoms with van der Waals surface area (Å²) in [4.78, 5) is 0. The van der Waals surface area contributed by atoms with E-state index in [1.54, 1.807) is 0 Å². The van der Waals surface area contributed by atoms with Crippen LogP contribution in [0.15, 0.2) is 28.7 Å². The molecule has 84 valence electrons. The van der Waals surface area contributed by atoms with Crippen LogP contribution in [0.4, 0.5) is 0 Å². The maximum Gasteiger partial charge on any atom is 0.0175 e. The van der Waals surface area contributed by atoms with Crippen LogP contribution in [0.5, 0.6) is 0 Å². The highest BCUT2D eigenvalue weighted by Crippen LogP contribution is 2.13. The number of rotatable bonds is 7. The van der Waals surface area contributed by atoms with Crippen LogP contribution < -0.4 is 0 Å². The Morgan fingerprint density at radius 3 is 2.07 bits per heavy atom. The number of hydrogen-bond acceptors (Lipinski definition) is 0. The van der Waals surface area contributed by atoms with Crippen LogP contribution in [-0.2, 0) is 6.42 Å². The predicted octanol–water partition coefficient (Wildman–Crippen LogP) is 5.34. The first-order valence-electron chi connectivity index (χ1n) is 5.63. The van der Waals surface area contributed by atoms with Crippen molar-refractivity contribution in [3.8, 4) is 0 Å². The van der Waals surface area contributed by atoms with E-state index in [0.29, 0.717) is 0 Å². The van der Waals surface area contributed by atoms with Gasteiger partial charge in [-0.15, -0.1) is 0 Å². The highest BCUT2D eigenvalue weighted by molar-refractivity contribution is 9.10. The molecular weight excluding hydrogens is 316 g/mol. The van der Waals surface area contributed by atoms with E-state index in [2.05, 4.69) is 56.1 Å². The lowest BCUT2D eigenvalue weighted by Gasteiger charge is -2.01. The van der Waals surface area contributed by atoms with Crippen molar-refractivity contribution in [2.75, 3.05) is 5.33 Å². The Labute approximate surface area is 110 Å². The zero-order valence-electron chi connectivity index (χ0n) is 9.02. The molecular formula is C13H18Br2. The molecule has 0 N–H and O–H groups in total. The standard InChI is InChI=1S/C13H18Br2/c14-11-5-3-1-2-4-6-12-7-9-13(15)10-8-12/h7-10H,1-6,11H2. The predicted molar refractivity (Wildman–Crippen MR) is 74.7 cm³/mol. The van der Waals surface area contributed by atoms with Crippen molar-refractivity contribution >= 4 is 31.9 Å². The molecule has 0 aliphatic rings. The number of benzene rings is 1. The van der Waals surface area contributed by atoms with E-state index < -0.39 is 0 Å². The van der Waals surface area contributed by atoms with Gasteiger partial charge in [0.25, 0.3) is 0 Å². The van der Waals surface area contributed by atoms with Crippen molar-refractivity contribution in [2.45, 2.75) is 38.5 Å². The molecule has 0 aromatic heterocycles. The lowest BCUT2D eigenvalue weighted by Crippen LogP contribution is -1.86. The van der Waals surface area contributed by atoms with Gasteiger partial charge < -0.3 is 0 Å². The average molecular weight is 334 g/mol. The third-order valence-electron chi connectivity index (χ3n) is 2.51. The van der Waals surface area contributed by atoms with Crippen LogP contribution in [0.3, 0.4) is 0 Å². The van der Waals surface area contributed by atoms with Crippen LogP contribution in [0.2, 0.25) is 0 Å². The number of aryl methyl sites for hydroxylation is 1. The Hall–Kier alpha value is 0.180. The van der Waals surface area contributed by atoms with Crippen LogP contribution in [0, 0.1) is 0 Å². The molecule has 2 heteroatoms. The highest BCUT2D eigenvalue weighted by atomic mass is 79.9. The summed E-state index contributed by atoms with van der Waals surface area (Å²) in [5, 5.41) is 1.15. The average Bonchev–Trinajstić information content (AvgIpc) is 2.26. The highest BCUT2D eigenvalue weighted by Gasteiger charge is 1.94. The number of hydrogen-bond donors (Lipinski definition) is 0. The summed E-state index contributed by atoms with van der Waals surface area (Å²) in [6.07, 6.45) is 7.97. The second-order valence-corrected chi connectivity index (χ2v) is 5.54. The molecule has 0 heterocycles. The van der Waals surface area contributed by atoms with E-state index in [-0.39, 0.29) is 0 Å². The zero-order valence-corrected chi connectivity index (χ0v) is 12.2. The number of halogens is 2. The van der Waals surface area contributed by atoms with Gasteiger partial charge in [-0.25, -0.2) is 0 Å². The van der Waals surface area contributed by atoms with Crippen LogP contribution >= 0.6 is 31.9 Å². The minimum Gasteiger partial charge on any atom is -0.0928 e. The van der Waals surface area contributed by atoms with E-state index >= 15 is 0 Å². The smallest absolute Gasteiger partial charge is 0.0175 e. The van der Waals surface area contributed by atoms with Gasteiger partial charge >= 0.3 is 0 Å². The molecule has 0 spiro atoms.